The van der Waals surface area contributed by atoms with Crippen LogP contribution in [0.5, 0.6) is 0 Å². The fourth-order valence-electron chi connectivity index (χ4n) is 1.36. The third-order valence-corrected chi connectivity index (χ3v) is 2.62. The molecule has 2 rings (SSSR count). The first-order chi connectivity index (χ1) is 7.36. The van der Waals surface area contributed by atoms with Crippen molar-refractivity contribution in [2.75, 3.05) is 5.32 Å². The number of nitrogens with zero attached hydrogens (tertiary/aromatic N) is 1. The molecule has 0 radical (unpaired) electrons. The van der Waals surface area contributed by atoms with E-state index in [0.29, 0.717) is 0 Å². The van der Waals surface area contributed by atoms with Gasteiger partial charge in [-0.1, -0.05) is 39.6 Å². The van der Waals surface area contributed by atoms with E-state index in [2.05, 4.69) is 31.7 Å². The van der Waals surface area contributed by atoms with Gasteiger partial charge in [0.15, 0.2) is 0 Å². The van der Waals surface area contributed by atoms with Crippen molar-refractivity contribution in [1.82, 2.24) is 4.98 Å². The Labute approximate surface area is 92.0 Å². The maximum Gasteiger partial charge on any atom is 0.0798 e. The predicted octanol–water partition coefficient (Wildman–Crippen LogP) is 2.19. The summed E-state index contributed by atoms with van der Waals surface area (Å²) < 4.78 is 0. The van der Waals surface area contributed by atoms with E-state index in [1.165, 1.54) is 5.56 Å². The molecule has 0 spiro atoms. The highest BCUT2D eigenvalue weighted by molar-refractivity contribution is 7.27. The van der Waals surface area contributed by atoms with Crippen molar-refractivity contribution in [1.29, 1.82) is 0 Å². The first-order valence-corrected chi connectivity index (χ1v) is 5.42. The SMILES string of the molecule is Pc1ncccc1NCc1ccccc1. The van der Waals surface area contributed by atoms with E-state index >= 15 is 0 Å². The number of anilines is 1. The molecule has 0 bridgehead atoms. The molecule has 0 aliphatic heterocycles. The lowest BCUT2D eigenvalue weighted by atomic mass is 10.2. The normalized spacial score (nSPS) is 9.93. The standard InChI is InChI=1S/C12H13N2P/c15-12-11(7-4-8-13-12)14-9-10-5-2-1-3-6-10/h1-8,14H,9,15H2. The number of rotatable bonds is 3. The van der Waals surface area contributed by atoms with Gasteiger partial charge in [-0.05, 0) is 17.7 Å². The lowest BCUT2D eigenvalue weighted by Crippen LogP contribution is -2.08. The summed E-state index contributed by atoms with van der Waals surface area (Å²) in [5, 5.41) is 3.35. The van der Waals surface area contributed by atoms with Crippen molar-refractivity contribution >= 4 is 20.4 Å². The molecule has 2 nitrogen and oxygen atoms in total. The number of nitrogens with one attached hydrogen (secondary N) is 1. The molecule has 1 unspecified atom stereocenters. The van der Waals surface area contributed by atoms with E-state index in [4.69, 9.17) is 0 Å². The smallest absolute Gasteiger partial charge is 0.0798 e. The van der Waals surface area contributed by atoms with Gasteiger partial charge in [0.25, 0.3) is 0 Å². The van der Waals surface area contributed by atoms with Gasteiger partial charge in [0, 0.05) is 12.7 Å². The fraction of sp³-hybridized carbons (Fsp3) is 0.0833. The average molecular weight is 216 g/mol. The highest BCUT2D eigenvalue weighted by atomic mass is 31.0. The third kappa shape index (κ3) is 2.77. The van der Waals surface area contributed by atoms with E-state index < -0.39 is 0 Å². The number of pyridine rings is 1. The van der Waals surface area contributed by atoms with E-state index in [0.717, 1.165) is 17.7 Å². The summed E-state index contributed by atoms with van der Waals surface area (Å²) in [7, 11) is 2.62. The van der Waals surface area contributed by atoms with Crippen LogP contribution in [0.15, 0.2) is 48.7 Å². The number of hydrogen-bond donors (Lipinski definition) is 1. The average Bonchev–Trinajstić information content (AvgIpc) is 2.29. The largest absolute Gasteiger partial charge is 0.379 e. The second-order valence-corrected chi connectivity index (χ2v) is 3.82. The van der Waals surface area contributed by atoms with Crippen molar-refractivity contribution in [2.45, 2.75) is 6.54 Å². The molecular weight excluding hydrogens is 203 g/mol. The van der Waals surface area contributed by atoms with E-state index in [1.807, 2.05) is 30.3 Å². The molecule has 1 aromatic carbocycles. The van der Waals surface area contributed by atoms with Crippen LogP contribution >= 0.6 is 9.24 Å². The molecule has 0 saturated heterocycles. The highest BCUT2D eigenvalue weighted by Gasteiger charge is 1.96. The Hall–Kier alpha value is -1.40. The maximum absolute atomic E-state index is 4.19. The van der Waals surface area contributed by atoms with Crippen LogP contribution in [0.3, 0.4) is 0 Å². The Morgan fingerprint density at radius 3 is 2.60 bits per heavy atom. The van der Waals surface area contributed by atoms with Crippen molar-refractivity contribution in [2.24, 2.45) is 0 Å². The van der Waals surface area contributed by atoms with Crippen molar-refractivity contribution < 1.29 is 0 Å². The van der Waals surface area contributed by atoms with Gasteiger partial charge in [-0.15, -0.1) is 0 Å². The van der Waals surface area contributed by atoms with Crippen molar-refractivity contribution in [3.05, 3.63) is 54.2 Å². The predicted molar refractivity (Wildman–Crippen MR) is 67.3 cm³/mol. The molecule has 1 atom stereocenters. The van der Waals surface area contributed by atoms with E-state index in [1.54, 1.807) is 6.20 Å². The second kappa shape index (κ2) is 4.90. The quantitative estimate of drug-likeness (QED) is 0.795. The summed E-state index contributed by atoms with van der Waals surface area (Å²) in [6, 6.07) is 14.3. The summed E-state index contributed by atoms with van der Waals surface area (Å²) in [5.41, 5.74) is 3.28. The zero-order valence-electron chi connectivity index (χ0n) is 8.35. The topological polar surface area (TPSA) is 24.9 Å². The third-order valence-electron chi connectivity index (χ3n) is 2.16. The van der Waals surface area contributed by atoms with Crippen LogP contribution in [-0.4, -0.2) is 4.98 Å². The van der Waals surface area contributed by atoms with E-state index in [-0.39, 0.29) is 0 Å². The lowest BCUT2D eigenvalue weighted by Gasteiger charge is -2.07. The molecular formula is C12H13N2P. The van der Waals surface area contributed by atoms with Crippen LogP contribution in [0.2, 0.25) is 0 Å². The first-order valence-electron chi connectivity index (χ1n) is 4.84. The summed E-state index contributed by atoms with van der Waals surface area (Å²) >= 11 is 0. The molecule has 0 amide bonds. The second-order valence-electron chi connectivity index (χ2n) is 3.28. The minimum atomic E-state index is 0.827. The number of benzene rings is 1. The van der Waals surface area contributed by atoms with Crippen LogP contribution in [0, 0.1) is 0 Å². The summed E-state index contributed by atoms with van der Waals surface area (Å²) in [6.07, 6.45) is 1.79. The number of aromatic nitrogens is 1. The number of hydrogen-bond acceptors (Lipinski definition) is 2. The van der Waals surface area contributed by atoms with Gasteiger partial charge >= 0.3 is 0 Å². The Bertz CT molecular complexity index is 429. The molecule has 15 heavy (non-hydrogen) atoms. The van der Waals surface area contributed by atoms with Gasteiger partial charge in [0.05, 0.1) is 11.1 Å². The maximum atomic E-state index is 4.19. The highest BCUT2D eigenvalue weighted by Crippen LogP contribution is 2.07. The van der Waals surface area contributed by atoms with Crippen LogP contribution in [-0.2, 0) is 6.54 Å². The van der Waals surface area contributed by atoms with Gasteiger partial charge in [0.1, 0.15) is 0 Å². The molecule has 76 valence electrons. The fourth-order valence-corrected chi connectivity index (χ4v) is 1.64. The Balaban J connectivity index is 2.03. The lowest BCUT2D eigenvalue weighted by molar-refractivity contribution is 1.15. The van der Waals surface area contributed by atoms with Crippen molar-refractivity contribution in [3.8, 4) is 0 Å². The van der Waals surface area contributed by atoms with Gasteiger partial charge in [-0.2, -0.15) is 0 Å². The Kier molecular flexibility index (Phi) is 3.31. The summed E-state index contributed by atoms with van der Waals surface area (Å²) in [4.78, 5) is 4.19. The summed E-state index contributed by atoms with van der Waals surface area (Å²) in [5.74, 6) is 0. The van der Waals surface area contributed by atoms with Gasteiger partial charge in [-0.3, -0.25) is 4.98 Å². The van der Waals surface area contributed by atoms with Crippen LogP contribution in [0.25, 0.3) is 0 Å². The molecule has 1 heterocycles. The van der Waals surface area contributed by atoms with Gasteiger partial charge in [0.2, 0.25) is 0 Å². The molecule has 1 aromatic heterocycles. The molecule has 0 aliphatic carbocycles. The molecule has 0 aliphatic rings. The monoisotopic (exact) mass is 216 g/mol. The minimum Gasteiger partial charge on any atom is -0.379 e. The van der Waals surface area contributed by atoms with Gasteiger partial charge < -0.3 is 5.32 Å². The summed E-state index contributed by atoms with van der Waals surface area (Å²) in [6.45, 7) is 0.827. The van der Waals surface area contributed by atoms with Gasteiger partial charge in [-0.25, -0.2) is 0 Å². The molecule has 0 fully saturated rings. The van der Waals surface area contributed by atoms with Crippen LogP contribution in [0.1, 0.15) is 5.56 Å². The molecule has 3 heteroatoms. The molecule has 0 saturated carbocycles. The van der Waals surface area contributed by atoms with E-state index in [9.17, 15) is 0 Å². The van der Waals surface area contributed by atoms with Crippen LogP contribution < -0.4 is 10.8 Å². The zero-order valence-corrected chi connectivity index (χ0v) is 9.51. The Morgan fingerprint density at radius 2 is 1.87 bits per heavy atom. The molecule has 1 N–H and O–H groups in total. The minimum absolute atomic E-state index is 0.827. The van der Waals surface area contributed by atoms with Crippen molar-refractivity contribution in [3.63, 3.8) is 0 Å². The van der Waals surface area contributed by atoms with Crippen LogP contribution in [0.4, 0.5) is 5.69 Å². The first kappa shape index (κ1) is 10.1. The Morgan fingerprint density at radius 1 is 1.07 bits per heavy atom. The zero-order chi connectivity index (χ0) is 10.5. The molecule has 2 aromatic rings.